The summed E-state index contributed by atoms with van der Waals surface area (Å²) in [5, 5.41) is 12.6. The average molecular weight is 477 g/mol. The maximum Gasteiger partial charge on any atom is 0.230 e. The number of amides is 1. The van der Waals surface area contributed by atoms with Crippen molar-refractivity contribution >= 4 is 17.7 Å². The first kappa shape index (κ1) is 23.6. The summed E-state index contributed by atoms with van der Waals surface area (Å²) < 4.78 is 12.8. The molecule has 0 unspecified atom stereocenters. The van der Waals surface area contributed by atoms with Crippen molar-refractivity contribution in [2.75, 3.05) is 12.9 Å². The minimum Gasteiger partial charge on any atom is -0.497 e. The summed E-state index contributed by atoms with van der Waals surface area (Å²) in [5.74, 6) is 2.71. The first-order chi connectivity index (χ1) is 16.5. The molecule has 0 saturated carbocycles. The Morgan fingerprint density at radius 2 is 1.82 bits per heavy atom. The largest absolute Gasteiger partial charge is 0.497 e. The normalized spacial score (nSPS) is 12.0. The number of furan rings is 1. The van der Waals surface area contributed by atoms with Crippen LogP contribution in [0.25, 0.3) is 11.4 Å². The molecule has 8 heteroatoms. The van der Waals surface area contributed by atoms with Gasteiger partial charge < -0.3 is 14.5 Å². The lowest BCUT2D eigenvalue weighted by molar-refractivity contribution is -0.119. The lowest BCUT2D eigenvalue weighted by Crippen LogP contribution is -2.33. The van der Waals surface area contributed by atoms with Crippen LogP contribution in [0.15, 0.2) is 82.6 Å². The number of carbonyl (C=O) groups is 1. The third-order valence-electron chi connectivity index (χ3n) is 5.43. The molecule has 0 aliphatic rings. The maximum absolute atomic E-state index is 12.9. The van der Waals surface area contributed by atoms with E-state index in [1.165, 1.54) is 11.8 Å². The van der Waals surface area contributed by atoms with E-state index in [1.54, 1.807) is 13.4 Å². The van der Waals surface area contributed by atoms with E-state index in [2.05, 4.69) is 29.4 Å². The van der Waals surface area contributed by atoms with Crippen LogP contribution in [0.3, 0.4) is 0 Å². The molecule has 0 aliphatic heterocycles. The number of methoxy groups -OCH3 is 1. The Hall–Kier alpha value is -3.52. The monoisotopic (exact) mass is 476 g/mol. The lowest BCUT2D eigenvalue weighted by Gasteiger charge is -2.23. The number of hydrogen-bond donors (Lipinski definition) is 1. The number of rotatable bonds is 10. The van der Waals surface area contributed by atoms with Crippen LogP contribution in [-0.2, 0) is 11.3 Å². The predicted molar refractivity (Wildman–Crippen MR) is 133 cm³/mol. The van der Waals surface area contributed by atoms with E-state index in [9.17, 15) is 4.79 Å². The van der Waals surface area contributed by atoms with Crippen molar-refractivity contribution in [1.29, 1.82) is 0 Å². The zero-order valence-electron chi connectivity index (χ0n) is 19.5. The Balaban J connectivity index is 1.48. The van der Waals surface area contributed by atoms with Gasteiger partial charge in [-0.15, -0.1) is 10.2 Å². The fraction of sp³-hybridized carbons (Fsp3) is 0.269. The predicted octanol–water partition coefficient (Wildman–Crippen LogP) is 5.20. The standard InChI is InChI=1S/C26H28N4O3S/c1-18(2)24(19-11-13-21(32-3)14-12-19)27-23(31)17-34-26-29-28-25(20-8-5-4-6-9-20)30(26)16-22-10-7-15-33-22/h4-15,18,24H,16-17H2,1-3H3,(H,27,31)/t24-/m0/s1. The van der Waals surface area contributed by atoms with Crippen molar-refractivity contribution in [3.63, 3.8) is 0 Å². The molecule has 1 amide bonds. The summed E-state index contributed by atoms with van der Waals surface area (Å²) in [5.41, 5.74) is 2.00. The van der Waals surface area contributed by atoms with Gasteiger partial charge in [-0.1, -0.05) is 68.1 Å². The van der Waals surface area contributed by atoms with Crippen molar-refractivity contribution in [2.45, 2.75) is 31.6 Å². The third kappa shape index (κ3) is 5.69. The van der Waals surface area contributed by atoms with Crippen LogP contribution >= 0.6 is 11.8 Å². The van der Waals surface area contributed by atoms with E-state index in [1.807, 2.05) is 71.3 Å². The third-order valence-corrected chi connectivity index (χ3v) is 6.40. The van der Waals surface area contributed by atoms with Crippen LogP contribution in [-0.4, -0.2) is 33.5 Å². The van der Waals surface area contributed by atoms with Gasteiger partial charge in [-0.05, 0) is 35.7 Å². The van der Waals surface area contributed by atoms with E-state index in [4.69, 9.17) is 9.15 Å². The molecular weight excluding hydrogens is 448 g/mol. The van der Waals surface area contributed by atoms with Crippen molar-refractivity contribution in [3.05, 3.63) is 84.3 Å². The van der Waals surface area contributed by atoms with E-state index in [-0.39, 0.29) is 23.6 Å². The highest BCUT2D eigenvalue weighted by Gasteiger charge is 2.21. The van der Waals surface area contributed by atoms with Gasteiger partial charge in [-0.2, -0.15) is 0 Å². The van der Waals surface area contributed by atoms with Crippen LogP contribution in [0.5, 0.6) is 5.75 Å². The number of thioether (sulfide) groups is 1. The SMILES string of the molecule is COc1ccc([C@@H](NC(=O)CSc2nnc(-c3ccccc3)n2Cc2ccco2)C(C)C)cc1. The molecule has 2 heterocycles. The molecule has 0 fully saturated rings. The molecule has 1 N–H and O–H groups in total. The number of nitrogens with one attached hydrogen (secondary N) is 1. The highest BCUT2D eigenvalue weighted by molar-refractivity contribution is 7.99. The molecule has 7 nitrogen and oxygen atoms in total. The van der Waals surface area contributed by atoms with E-state index in [0.29, 0.717) is 11.7 Å². The molecule has 4 aromatic rings. The molecule has 4 rings (SSSR count). The van der Waals surface area contributed by atoms with Gasteiger partial charge >= 0.3 is 0 Å². The van der Waals surface area contributed by atoms with Gasteiger partial charge in [0.2, 0.25) is 5.91 Å². The second-order valence-electron chi connectivity index (χ2n) is 8.19. The van der Waals surface area contributed by atoms with Crippen molar-refractivity contribution in [3.8, 4) is 17.1 Å². The fourth-order valence-electron chi connectivity index (χ4n) is 3.69. The number of hydrogen-bond acceptors (Lipinski definition) is 6. The van der Waals surface area contributed by atoms with Gasteiger partial charge in [0, 0.05) is 5.56 Å². The molecule has 0 spiro atoms. The Bertz CT molecular complexity index is 1190. The van der Waals surface area contributed by atoms with Crippen LogP contribution < -0.4 is 10.1 Å². The van der Waals surface area contributed by atoms with Crippen molar-refractivity contribution < 1.29 is 13.9 Å². The van der Waals surface area contributed by atoms with E-state index in [0.717, 1.165) is 28.5 Å². The highest BCUT2D eigenvalue weighted by atomic mass is 32.2. The number of aromatic nitrogens is 3. The molecule has 34 heavy (non-hydrogen) atoms. The summed E-state index contributed by atoms with van der Waals surface area (Å²) >= 11 is 1.36. The number of ether oxygens (including phenoxy) is 1. The van der Waals surface area contributed by atoms with Crippen LogP contribution in [0, 0.1) is 5.92 Å². The number of nitrogens with zero attached hydrogens (tertiary/aromatic N) is 3. The highest BCUT2D eigenvalue weighted by Crippen LogP contribution is 2.27. The van der Waals surface area contributed by atoms with Crippen LogP contribution in [0.1, 0.15) is 31.2 Å². The molecule has 2 aromatic carbocycles. The summed E-state index contributed by atoms with van der Waals surface area (Å²) in [7, 11) is 1.64. The van der Waals surface area contributed by atoms with Gasteiger partial charge in [-0.25, -0.2) is 0 Å². The summed E-state index contributed by atoms with van der Waals surface area (Å²) in [6, 6.07) is 21.3. The molecule has 0 saturated heterocycles. The Labute approximate surface area is 203 Å². The zero-order valence-corrected chi connectivity index (χ0v) is 20.3. The van der Waals surface area contributed by atoms with E-state index < -0.39 is 0 Å². The van der Waals surface area contributed by atoms with Gasteiger partial charge in [0.25, 0.3) is 0 Å². The van der Waals surface area contributed by atoms with Crippen LogP contribution in [0.4, 0.5) is 0 Å². The molecule has 2 aromatic heterocycles. The summed E-state index contributed by atoms with van der Waals surface area (Å²) in [6.45, 7) is 4.66. The van der Waals surface area contributed by atoms with Crippen molar-refractivity contribution in [1.82, 2.24) is 20.1 Å². The fourth-order valence-corrected chi connectivity index (χ4v) is 4.44. The molecule has 1 atom stereocenters. The molecule has 0 radical (unpaired) electrons. The van der Waals surface area contributed by atoms with Gasteiger partial charge in [-0.3, -0.25) is 9.36 Å². The lowest BCUT2D eigenvalue weighted by atomic mass is 9.96. The first-order valence-corrected chi connectivity index (χ1v) is 12.1. The summed E-state index contributed by atoms with van der Waals surface area (Å²) in [4.78, 5) is 12.9. The Morgan fingerprint density at radius 1 is 1.06 bits per heavy atom. The Kier molecular flexibility index (Phi) is 7.69. The molecule has 0 bridgehead atoms. The van der Waals surface area contributed by atoms with E-state index >= 15 is 0 Å². The van der Waals surface area contributed by atoms with Crippen LogP contribution in [0.2, 0.25) is 0 Å². The first-order valence-electron chi connectivity index (χ1n) is 11.1. The molecular formula is C26H28N4O3S. The quantitative estimate of drug-likeness (QED) is 0.317. The van der Waals surface area contributed by atoms with Gasteiger partial charge in [0.15, 0.2) is 11.0 Å². The van der Waals surface area contributed by atoms with Gasteiger partial charge in [0.1, 0.15) is 11.5 Å². The second kappa shape index (κ2) is 11.1. The van der Waals surface area contributed by atoms with Gasteiger partial charge in [0.05, 0.1) is 31.7 Å². The minimum absolute atomic E-state index is 0.0617. The minimum atomic E-state index is -0.0973. The zero-order chi connectivity index (χ0) is 23.9. The van der Waals surface area contributed by atoms with Crippen molar-refractivity contribution in [2.24, 2.45) is 5.92 Å². The second-order valence-corrected chi connectivity index (χ2v) is 9.13. The Morgan fingerprint density at radius 3 is 2.47 bits per heavy atom. The number of benzene rings is 2. The topological polar surface area (TPSA) is 82.2 Å². The molecule has 0 aliphatic carbocycles. The average Bonchev–Trinajstić information content (AvgIpc) is 3.52. The molecule has 176 valence electrons. The smallest absolute Gasteiger partial charge is 0.230 e. The number of carbonyl (C=O) groups excluding carboxylic acids is 1. The summed E-state index contributed by atoms with van der Waals surface area (Å²) in [6.07, 6.45) is 1.65. The maximum atomic E-state index is 12.9.